The summed E-state index contributed by atoms with van der Waals surface area (Å²) in [6.45, 7) is 5.82. The second-order valence-electron chi connectivity index (χ2n) is 7.17. The summed E-state index contributed by atoms with van der Waals surface area (Å²) in [5, 5.41) is 3.86. The van der Waals surface area contributed by atoms with Crippen LogP contribution in [0.2, 0.25) is 10.0 Å². The summed E-state index contributed by atoms with van der Waals surface area (Å²) in [6.07, 6.45) is 1.11. The van der Waals surface area contributed by atoms with Crippen LogP contribution in [0, 0.1) is 13.8 Å². The number of nitrogens with one attached hydrogen (secondary N) is 1. The molecule has 5 nitrogen and oxygen atoms in total. The van der Waals surface area contributed by atoms with E-state index in [0.29, 0.717) is 28.0 Å². The second-order valence-corrected chi connectivity index (χ2v) is 11.0. The molecule has 0 unspecified atom stereocenters. The zero-order valence-electron chi connectivity index (χ0n) is 17.4. The van der Waals surface area contributed by atoms with Crippen LogP contribution in [-0.4, -0.2) is 38.9 Å². The van der Waals surface area contributed by atoms with Crippen molar-refractivity contribution < 1.29 is 13.2 Å². The average Bonchev–Trinajstić information content (AvgIpc) is 2.62. The summed E-state index contributed by atoms with van der Waals surface area (Å²) in [4.78, 5) is 12.6. The minimum atomic E-state index is -3.63. The van der Waals surface area contributed by atoms with Crippen molar-refractivity contribution in [3.05, 3.63) is 63.1 Å². The van der Waals surface area contributed by atoms with E-state index in [2.05, 4.69) is 5.32 Å². The summed E-state index contributed by atoms with van der Waals surface area (Å²) < 4.78 is 26.0. The third-order valence-electron chi connectivity index (χ3n) is 4.35. The van der Waals surface area contributed by atoms with E-state index >= 15 is 0 Å². The number of halogens is 2. The highest BCUT2D eigenvalue weighted by Crippen LogP contribution is 2.25. The number of amides is 1. The highest BCUT2D eigenvalue weighted by Gasteiger charge is 2.29. The molecule has 9 heteroatoms. The maximum Gasteiger partial charge on any atom is 0.243 e. The van der Waals surface area contributed by atoms with Crippen molar-refractivity contribution in [2.45, 2.75) is 32.6 Å². The maximum atomic E-state index is 12.6. The Morgan fingerprint density at radius 1 is 1.10 bits per heavy atom. The van der Waals surface area contributed by atoms with Gasteiger partial charge in [0.05, 0.1) is 22.0 Å². The molecule has 0 heterocycles. The van der Waals surface area contributed by atoms with Crippen LogP contribution in [0.1, 0.15) is 23.6 Å². The van der Waals surface area contributed by atoms with Crippen LogP contribution in [0.15, 0.2) is 36.4 Å². The Labute approximate surface area is 193 Å². The fraction of sp³-hybridized carbons (Fsp3) is 0.381. The molecule has 2 aromatic rings. The molecule has 164 valence electrons. The van der Waals surface area contributed by atoms with Crippen LogP contribution in [-0.2, 0) is 20.6 Å². The molecular weight excluding hydrogens is 463 g/mol. The zero-order valence-corrected chi connectivity index (χ0v) is 20.6. The van der Waals surface area contributed by atoms with E-state index < -0.39 is 16.1 Å². The molecule has 0 spiro atoms. The van der Waals surface area contributed by atoms with Crippen molar-refractivity contribution in [2.75, 3.05) is 22.9 Å². The third-order valence-corrected chi connectivity index (χ3v) is 7.36. The van der Waals surface area contributed by atoms with Gasteiger partial charge in [-0.2, -0.15) is 11.8 Å². The van der Waals surface area contributed by atoms with Crippen LogP contribution in [0.3, 0.4) is 0 Å². The highest BCUT2D eigenvalue weighted by molar-refractivity contribution is 7.98. The van der Waals surface area contributed by atoms with Gasteiger partial charge in [0.15, 0.2) is 0 Å². The van der Waals surface area contributed by atoms with Gasteiger partial charge in [-0.1, -0.05) is 35.3 Å². The molecule has 1 amide bonds. The highest BCUT2D eigenvalue weighted by atomic mass is 35.5. The average molecular weight is 489 g/mol. The Morgan fingerprint density at radius 2 is 1.73 bits per heavy atom. The lowest BCUT2D eigenvalue weighted by molar-refractivity contribution is -0.121. The monoisotopic (exact) mass is 488 g/mol. The fourth-order valence-corrected chi connectivity index (χ4v) is 5.39. The first-order chi connectivity index (χ1) is 14.0. The maximum absolute atomic E-state index is 12.6. The van der Waals surface area contributed by atoms with Crippen LogP contribution in [0.5, 0.6) is 0 Å². The Morgan fingerprint density at radius 3 is 2.30 bits per heavy atom. The molecule has 0 aliphatic carbocycles. The van der Waals surface area contributed by atoms with Gasteiger partial charge in [-0.25, -0.2) is 8.42 Å². The zero-order chi connectivity index (χ0) is 22.5. The van der Waals surface area contributed by atoms with Crippen molar-refractivity contribution in [2.24, 2.45) is 0 Å². The predicted octanol–water partition coefficient (Wildman–Crippen LogP) is 4.81. The van der Waals surface area contributed by atoms with Gasteiger partial charge in [0.1, 0.15) is 6.04 Å². The van der Waals surface area contributed by atoms with Crippen LogP contribution < -0.4 is 9.62 Å². The first-order valence-corrected chi connectivity index (χ1v) is 13.1. The van der Waals surface area contributed by atoms with Crippen LogP contribution in [0.25, 0.3) is 0 Å². The first kappa shape index (κ1) is 24.9. The number of carbonyl (C=O) groups excluding carboxylic acids is 1. The van der Waals surface area contributed by atoms with Crippen molar-refractivity contribution >= 4 is 56.6 Å². The third kappa shape index (κ3) is 7.08. The number of rotatable bonds is 9. The van der Waals surface area contributed by atoms with E-state index in [-0.39, 0.29) is 5.91 Å². The molecule has 2 rings (SSSR count). The van der Waals surface area contributed by atoms with E-state index in [4.69, 9.17) is 23.2 Å². The SMILES string of the molecule is Cc1cc(C)cc(N([C@@H](C)C(=O)NCCSCc2ccc(Cl)c(Cl)c2)S(C)(=O)=O)c1. The van der Waals surface area contributed by atoms with Gasteiger partial charge in [-0.3, -0.25) is 9.10 Å². The summed E-state index contributed by atoms with van der Waals surface area (Å²) in [7, 11) is -3.63. The number of carbonyl (C=O) groups is 1. The van der Waals surface area contributed by atoms with E-state index in [1.165, 1.54) is 4.31 Å². The van der Waals surface area contributed by atoms with E-state index in [1.54, 1.807) is 36.9 Å². The van der Waals surface area contributed by atoms with E-state index in [0.717, 1.165) is 28.7 Å². The minimum Gasteiger partial charge on any atom is -0.353 e. The Balaban J connectivity index is 1.94. The number of hydrogen-bond acceptors (Lipinski definition) is 4. The number of sulfonamides is 1. The van der Waals surface area contributed by atoms with Crippen molar-refractivity contribution in [3.8, 4) is 0 Å². The second kappa shape index (κ2) is 10.8. The smallest absolute Gasteiger partial charge is 0.243 e. The molecule has 0 saturated heterocycles. The number of thioether (sulfide) groups is 1. The Kier molecular flexibility index (Phi) is 8.91. The van der Waals surface area contributed by atoms with Crippen molar-refractivity contribution in [1.29, 1.82) is 0 Å². The van der Waals surface area contributed by atoms with E-state index in [1.807, 2.05) is 32.0 Å². The Bertz CT molecular complexity index is 993. The molecule has 0 aromatic heterocycles. The molecule has 0 fully saturated rings. The van der Waals surface area contributed by atoms with Crippen molar-refractivity contribution in [3.63, 3.8) is 0 Å². The molecule has 1 N–H and O–H groups in total. The summed E-state index contributed by atoms with van der Waals surface area (Å²) in [5.41, 5.74) is 3.41. The standard InChI is InChI=1S/C21H26Cl2N2O3S2/c1-14-9-15(2)11-18(10-14)25(30(4,27)28)16(3)21(26)24-7-8-29-13-17-5-6-19(22)20(23)12-17/h5-6,9-12,16H,7-8,13H2,1-4H3,(H,24,26)/t16-/m0/s1. The molecular formula is C21H26Cl2N2O3S2. The molecule has 0 aliphatic rings. The molecule has 1 atom stereocenters. The lowest BCUT2D eigenvalue weighted by Gasteiger charge is -2.28. The molecule has 30 heavy (non-hydrogen) atoms. The largest absolute Gasteiger partial charge is 0.353 e. The summed E-state index contributed by atoms with van der Waals surface area (Å²) in [5.74, 6) is 1.08. The van der Waals surface area contributed by atoms with Gasteiger partial charge in [0.2, 0.25) is 15.9 Å². The van der Waals surface area contributed by atoms with Gasteiger partial charge in [-0.15, -0.1) is 0 Å². The number of anilines is 1. The molecule has 0 bridgehead atoms. The van der Waals surface area contributed by atoms with Gasteiger partial charge in [-0.05, 0) is 61.7 Å². The topological polar surface area (TPSA) is 66.5 Å². The summed E-state index contributed by atoms with van der Waals surface area (Å²) in [6, 6.07) is 10.1. The predicted molar refractivity (Wildman–Crippen MR) is 128 cm³/mol. The van der Waals surface area contributed by atoms with Gasteiger partial charge in [0, 0.05) is 18.1 Å². The molecule has 2 aromatic carbocycles. The molecule has 0 aliphatic heterocycles. The lowest BCUT2D eigenvalue weighted by Crippen LogP contribution is -2.48. The number of aryl methyl sites for hydroxylation is 2. The summed E-state index contributed by atoms with van der Waals surface area (Å²) >= 11 is 13.6. The van der Waals surface area contributed by atoms with Gasteiger partial charge >= 0.3 is 0 Å². The number of benzene rings is 2. The number of hydrogen-bond donors (Lipinski definition) is 1. The Hall–Kier alpha value is -1.41. The molecule has 0 saturated carbocycles. The normalized spacial score (nSPS) is 12.5. The van der Waals surface area contributed by atoms with E-state index in [9.17, 15) is 13.2 Å². The quantitative estimate of drug-likeness (QED) is 0.514. The van der Waals surface area contributed by atoms with Crippen molar-refractivity contribution in [1.82, 2.24) is 5.32 Å². The molecule has 0 radical (unpaired) electrons. The van der Waals surface area contributed by atoms with Gasteiger partial charge in [0.25, 0.3) is 0 Å². The first-order valence-electron chi connectivity index (χ1n) is 9.36. The fourth-order valence-electron chi connectivity index (χ4n) is 3.10. The number of nitrogens with zero attached hydrogens (tertiary/aromatic N) is 1. The minimum absolute atomic E-state index is 0.338. The lowest BCUT2D eigenvalue weighted by atomic mass is 10.1. The van der Waals surface area contributed by atoms with Crippen LogP contribution >= 0.6 is 35.0 Å². The van der Waals surface area contributed by atoms with Crippen LogP contribution in [0.4, 0.5) is 5.69 Å². The van der Waals surface area contributed by atoms with Gasteiger partial charge < -0.3 is 5.32 Å².